The van der Waals surface area contributed by atoms with Crippen LogP contribution in [0.25, 0.3) is 0 Å². The molecule has 0 fully saturated rings. The molecule has 0 heterocycles. The summed E-state index contributed by atoms with van der Waals surface area (Å²) >= 11 is 0. The van der Waals surface area contributed by atoms with Gasteiger partial charge in [0.2, 0.25) is 0 Å². The van der Waals surface area contributed by atoms with Crippen LogP contribution in [0.1, 0.15) is 0 Å². The minimum absolute atomic E-state index is 1.53. The highest BCUT2D eigenvalue weighted by Crippen LogP contribution is 2.54. The molecule has 0 aliphatic heterocycles. The molecule has 0 amide bonds. The molecule has 2 nitrogen and oxygen atoms in total. The molecule has 0 unspecified atom stereocenters. The van der Waals surface area contributed by atoms with Crippen LogP contribution >= 0.6 is 0 Å². The lowest BCUT2D eigenvalue weighted by atomic mass is 9.99. The molecule has 0 radical (unpaired) electrons. The van der Waals surface area contributed by atoms with Crippen molar-refractivity contribution in [3.63, 3.8) is 0 Å². The zero-order valence-corrected chi connectivity index (χ0v) is 8.05. The SMILES string of the molecule is O=C(OF)C(F)(F)C(F)(F)C(F)(F)C(F)(F)C(F)F. The van der Waals surface area contributed by atoms with Gasteiger partial charge in [-0.25, -0.2) is 18.5 Å². The molecule has 0 aliphatic carbocycles. The van der Waals surface area contributed by atoms with E-state index in [1.165, 1.54) is 4.94 Å². The molecule has 0 rings (SSSR count). The van der Waals surface area contributed by atoms with E-state index in [0.717, 1.165) is 0 Å². The Hall–Kier alpha value is -1.30. The monoisotopic (exact) mass is 314 g/mol. The second-order valence-electron chi connectivity index (χ2n) is 3.01. The summed E-state index contributed by atoms with van der Waals surface area (Å²) in [6, 6.07) is 0. The third-order valence-electron chi connectivity index (χ3n) is 1.81. The first-order valence-corrected chi connectivity index (χ1v) is 3.80. The van der Waals surface area contributed by atoms with E-state index in [0.29, 0.717) is 0 Å². The summed E-state index contributed by atoms with van der Waals surface area (Å²) < 4.78 is 133. The molecule has 0 aromatic carbocycles. The van der Waals surface area contributed by atoms with Crippen molar-refractivity contribution in [3.8, 4) is 0 Å². The first-order chi connectivity index (χ1) is 8.17. The van der Waals surface area contributed by atoms with Crippen LogP contribution in [-0.4, -0.2) is 36.1 Å². The average molecular weight is 314 g/mol. The van der Waals surface area contributed by atoms with Crippen LogP contribution in [-0.2, 0) is 9.74 Å². The number of hydrogen-bond donors (Lipinski definition) is 0. The Morgan fingerprint density at radius 2 is 1.21 bits per heavy atom. The molecular formula is C6HF11O2. The Labute approximate surface area is 95.6 Å². The van der Waals surface area contributed by atoms with Crippen LogP contribution in [0.5, 0.6) is 0 Å². The van der Waals surface area contributed by atoms with Crippen molar-refractivity contribution < 1.29 is 58.2 Å². The first-order valence-electron chi connectivity index (χ1n) is 3.80. The number of hydrogen-bond acceptors (Lipinski definition) is 2. The van der Waals surface area contributed by atoms with Gasteiger partial charge < -0.3 is 0 Å². The van der Waals surface area contributed by atoms with Gasteiger partial charge in [-0.15, -0.1) is 0 Å². The van der Waals surface area contributed by atoms with Crippen molar-refractivity contribution in [2.45, 2.75) is 30.1 Å². The summed E-state index contributed by atoms with van der Waals surface area (Å²) in [4.78, 5) is 11.4. The Morgan fingerprint density at radius 1 is 0.842 bits per heavy atom. The van der Waals surface area contributed by atoms with Crippen molar-refractivity contribution >= 4 is 5.97 Å². The molecule has 0 spiro atoms. The summed E-state index contributed by atoms with van der Waals surface area (Å²) in [6.45, 7) is 0. The second-order valence-corrected chi connectivity index (χ2v) is 3.01. The van der Waals surface area contributed by atoms with Gasteiger partial charge in [0.25, 0.3) is 0 Å². The summed E-state index contributed by atoms with van der Waals surface area (Å²) in [6.07, 6.45) is -5.45. The molecule has 0 saturated heterocycles. The van der Waals surface area contributed by atoms with Gasteiger partial charge in [-0.1, -0.05) is 0 Å². The quantitative estimate of drug-likeness (QED) is 0.728. The van der Waals surface area contributed by atoms with Crippen molar-refractivity contribution in [2.24, 2.45) is 0 Å². The fourth-order valence-corrected chi connectivity index (χ4v) is 0.720. The van der Waals surface area contributed by atoms with Crippen LogP contribution in [0.4, 0.5) is 48.4 Å². The molecule has 0 aromatic rings. The van der Waals surface area contributed by atoms with Crippen LogP contribution in [0.15, 0.2) is 0 Å². The molecular weight excluding hydrogens is 313 g/mol. The number of carbonyl (C=O) groups is 1. The van der Waals surface area contributed by atoms with E-state index in [4.69, 9.17) is 0 Å². The minimum atomic E-state index is -7.36. The standard InChI is InChI=1S/C6HF11O2/c7-1(8)3(9,10)5(13,14)6(15,16)4(11,12)2(18)19-17/h1H. The summed E-state index contributed by atoms with van der Waals surface area (Å²) in [7, 11) is 0. The lowest BCUT2D eigenvalue weighted by Crippen LogP contribution is -2.66. The Bertz CT molecular complexity index is 349. The van der Waals surface area contributed by atoms with E-state index in [-0.39, 0.29) is 0 Å². The van der Waals surface area contributed by atoms with Gasteiger partial charge in [0.15, 0.2) is 0 Å². The fourth-order valence-electron chi connectivity index (χ4n) is 0.720. The topological polar surface area (TPSA) is 26.3 Å². The summed E-state index contributed by atoms with van der Waals surface area (Å²) in [5.74, 6) is -32.3. The van der Waals surface area contributed by atoms with Crippen LogP contribution in [0.3, 0.4) is 0 Å². The summed E-state index contributed by atoms with van der Waals surface area (Å²) in [5.41, 5.74) is 0. The first kappa shape index (κ1) is 17.7. The van der Waals surface area contributed by atoms with Crippen molar-refractivity contribution in [3.05, 3.63) is 0 Å². The van der Waals surface area contributed by atoms with Gasteiger partial charge in [0.05, 0.1) is 0 Å². The highest BCUT2D eigenvalue weighted by atomic mass is 19.4. The van der Waals surface area contributed by atoms with E-state index in [1.807, 2.05) is 0 Å². The second kappa shape index (κ2) is 4.67. The molecule has 0 bridgehead atoms. The van der Waals surface area contributed by atoms with Crippen molar-refractivity contribution in [1.82, 2.24) is 0 Å². The number of carbonyl (C=O) groups excluding carboxylic acids is 1. The lowest BCUT2D eigenvalue weighted by molar-refractivity contribution is -0.380. The van der Waals surface area contributed by atoms with Crippen LogP contribution in [0, 0.1) is 0 Å². The summed E-state index contributed by atoms with van der Waals surface area (Å²) in [5, 5.41) is 0. The van der Waals surface area contributed by atoms with E-state index in [1.54, 1.807) is 0 Å². The third kappa shape index (κ3) is 2.29. The Kier molecular flexibility index (Phi) is 4.35. The molecule has 0 aliphatic rings. The van der Waals surface area contributed by atoms with E-state index < -0.39 is 36.1 Å². The highest BCUT2D eigenvalue weighted by molar-refractivity contribution is 5.78. The zero-order valence-electron chi connectivity index (χ0n) is 8.05. The Morgan fingerprint density at radius 3 is 1.47 bits per heavy atom. The molecule has 0 atom stereocenters. The van der Waals surface area contributed by atoms with Crippen LogP contribution < -0.4 is 0 Å². The van der Waals surface area contributed by atoms with Crippen molar-refractivity contribution in [1.29, 1.82) is 0 Å². The maximum Gasteiger partial charge on any atom is 0.424 e. The van der Waals surface area contributed by atoms with E-state index in [2.05, 4.69) is 0 Å². The molecule has 114 valence electrons. The smallest absolute Gasteiger partial charge is 0.248 e. The van der Waals surface area contributed by atoms with Crippen molar-refractivity contribution in [2.75, 3.05) is 0 Å². The largest absolute Gasteiger partial charge is 0.424 e. The number of rotatable bonds is 5. The lowest BCUT2D eigenvalue weighted by Gasteiger charge is -2.34. The van der Waals surface area contributed by atoms with E-state index >= 15 is 0 Å². The predicted octanol–water partition coefficient (Wildman–Crippen LogP) is 3.22. The van der Waals surface area contributed by atoms with E-state index in [9.17, 15) is 53.2 Å². The Balaban J connectivity index is 5.83. The van der Waals surface area contributed by atoms with Gasteiger partial charge >= 0.3 is 36.1 Å². The number of halogens is 11. The van der Waals surface area contributed by atoms with Gasteiger partial charge in [0.1, 0.15) is 0 Å². The molecule has 19 heavy (non-hydrogen) atoms. The minimum Gasteiger partial charge on any atom is -0.248 e. The molecule has 0 saturated carbocycles. The fraction of sp³-hybridized carbons (Fsp3) is 0.833. The van der Waals surface area contributed by atoms with Crippen LogP contribution in [0.2, 0.25) is 0 Å². The maximum atomic E-state index is 12.5. The highest BCUT2D eigenvalue weighted by Gasteiger charge is 2.85. The van der Waals surface area contributed by atoms with Gasteiger partial charge in [-0.05, 0) is 0 Å². The van der Waals surface area contributed by atoms with Gasteiger partial charge in [-0.3, -0.25) is 0 Å². The van der Waals surface area contributed by atoms with Gasteiger partial charge in [-0.2, -0.15) is 35.1 Å². The maximum absolute atomic E-state index is 12.5. The van der Waals surface area contributed by atoms with Gasteiger partial charge in [0, 0.05) is 4.53 Å². The molecule has 13 heteroatoms. The third-order valence-corrected chi connectivity index (χ3v) is 1.81. The average Bonchev–Trinajstić information content (AvgIpc) is 2.26. The number of alkyl halides is 10. The normalized spacial score (nSPS) is 14.7. The zero-order chi connectivity index (χ0) is 15.9. The predicted molar refractivity (Wildman–Crippen MR) is 33.0 cm³/mol. The molecule has 0 aromatic heterocycles. The molecule has 0 N–H and O–H groups in total.